The molecule has 40 valence electrons. The second-order valence-corrected chi connectivity index (χ2v) is 2.23. The van der Waals surface area contributed by atoms with E-state index in [0.29, 0.717) is 0 Å². The normalized spacial score (nSPS) is 10.1. The first-order valence-corrected chi connectivity index (χ1v) is 3.09. The third kappa shape index (κ3) is 3.92. The van der Waals surface area contributed by atoms with Crippen molar-refractivity contribution in [3.63, 3.8) is 0 Å². The van der Waals surface area contributed by atoms with E-state index in [1.807, 2.05) is 0 Å². The monoisotopic (exact) mass is 185 g/mol. The van der Waals surface area contributed by atoms with Crippen LogP contribution in [0.15, 0.2) is 12.8 Å². The Morgan fingerprint density at radius 1 is 1.86 bits per heavy atom. The Bertz CT molecular complexity index is 83.0. The zero-order valence-corrected chi connectivity index (χ0v) is 5.81. The first-order valence-electron chi connectivity index (χ1n) is 1.35. The predicted molar refractivity (Wildman–Crippen MR) is 28.9 cm³/mol. The molecule has 0 fully saturated rings. The molecule has 0 saturated carbocycles. The number of hydrogen-bond donors (Lipinski definition) is 0. The van der Waals surface area contributed by atoms with Crippen LogP contribution in [-0.2, 0) is 12.7 Å². The zero-order chi connectivity index (χ0) is 5.70. The first kappa shape index (κ1) is 7.08. The third-order valence-corrected chi connectivity index (χ3v) is 1.36. The van der Waals surface area contributed by atoms with Gasteiger partial charge >= 0.3 is 8.25 Å². The van der Waals surface area contributed by atoms with Crippen molar-refractivity contribution in [2.45, 2.75) is 0 Å². The summed E-state index contributed by atoms with van der Waals surface area (Å²) in [6.07, 6.45) is 1.04. The highest BCUT2D eigenvalue weighted by Gasteiger charge is 2.15. The fourth-order valence-corrected chi connectivity index (χ4v) is 0.436. The molecule has 7 heavy (non-hydrogen) atoms. The minimum Gasteiger partial charge on any atom is -0.237 e. The van der Waals surface area contributed by atoms with E-state index in [-0.39, 0.29) is 0 Å². The number of hydrogen-bond acceptors (Lipinski definition) is 3. The molecule has 0 N–H and O–H groups in total. The SMILES string of the molecule is C=CO[P+](=O)OBr. The lowest BCUT2D eigenvalue weighted by atomic mass is 11.2. The van der Waals surface area contributed by atoms with Crippen molar-refractivity contribution in [3.8, 4) is 0 Å². The van der Waals surface area contributed by atoms with Crippen molar-refractivity contribution in [1.82, 2.24) is 0 Å². The highest BCUT2D eigenvalue weighted by molar-refractivity contribution is 9.06. The summed E-state index contributed by atoms with van der Waals surface area (Å²) in [4.78, 5) is 0. The van der Waals surface area contributed by atoms with E-state index < -0.39 is 8.25 Å². The summed E-state index contributed by atoms with van der Waals surface area (Å²) in [7, 11) is -2.03. The van der Waals surface area contributed by atoms with Crippen molar-refractivity contribution >= 4 is 24.5 Å². The molecule has 0 aromatic rings. The molecular formula is C2H3BrO3P+. The number of rotatable bonds is 3. The van der Waals surface area contributed by atoms with Crippen LogP contribution in [-0.4, -0.2) is 0 Å². The summed E-state index contributed by atoms with van der Waals surface area (Å²) in [6.45, 7) is 3.14. The largest absolute Gasteiger partial charge is 0.761 e. The van der Waals surface area contributed by atoms with Crippen LogP contribution in [0.1, 0.15) is 0 Å². The van der Waals surface area contributed by atoms with Crippen LogP contribution < -0.4 is 0 Å². The second-order valence-electron chi connectivity index (χ2n) is 0.565. The molecule has 1 unspecified atom stereocenters. The van der Waals surface area contributed by atoms with Gasteiger partial charge in [0.05, 0.1) is 0 Å². The lowest BCUT2D eigenvalue weighted by Gasteiger charge is -1.69. The summed E-state index contributed by atoms with van der Waals surface area (Å²) in [5.74, 6) is 0. The maximum absolute atomic E-state index is 10.00. The standard InChI is InChI=1S/C2H3BrO3P/c1-2-5-7(4)6-3/h2H,1H2/q+1. The molecule has 0 aliphatic rings. The maximum atomic E-state index is 10.00. The van der Waals surface area contributed by atoms with Crippen LogP contribution in [0.4, 0.5) is 0 Å². The summed E-state index contributed by atoms with van der Waals surface area (Å²) < 4.78 is 18.2. The number of halogens is 1. The van der Waals surface area contributed by atoms with E-state index in [4.69, 9.17) is 0 Å². The molecule has 0 saturated heterocycles. The molecule has 0 bridgehead atoms. The highest BCUT2D eigenvalue weighted by Crippen LogP contribution is 2.26. The fraction of sp³-hybridized carbons (Fsp3) is 0. The molecule has 0 spiro atoms. The minimum atomic E-state index is -2.03. The van der Waals surface area contributed by atoms with Crippen molar-refractivity contribution in [3.05, 3.63) is 12.8 Å². The van der Waals surface area contributed by atoms with Gasteiger partial charge in [-0.15, -0.1) is 0 Å². The van der Waals surface area contributed by atoms with Crippen molar-refractivity contribution < 1.29 is 12.7 Å². The smallest absolute Gasteiger partial charge is 0.237 e. The van der Waals surface area contributed by atoms with Crippen molar-refractivity contribution in [2.24, 2.45) is 0 Å². The second kappa shape index (κ2) is 4.24. The van der Waals surface area contributed by atoms with Gasteiger partial charge in [-0.1, -0.05) is 6.58 Å². The van der Waals surface area contributed by atoms with E-state index in [9.17, 15) is 4.57 Å². The summed E-state index contributed by atoms with van der Waals surface area (Å²) in [6, 6.07) is 0. The lowest BCUT2D eigenvalue weighted by molar-refractivity contribution is 0.408. The lowest BCUT2D eigenvalue weighted by Crippen LogP contribution is -1.59. The van der Waals surface area contributed by atoms with Crippen LogP contribution in [0.2, 0.25) is 0 Å². The molecule has 0 amide bonds. The third-order valence-electron chi connectivity index (χ3n) is 0.217. The van der Waals surface area contributed by atoms with Gasteiger partial charge in [-0.05, 0) is 3.62 Å². The Labute approximate surface area is 50.7 Å². The molecule has 0 aliphatic carbocycles. The summed E-state index contributed by atoms with van der Waals surface area (Å²) in [5, 5.41) is 0. The molecule has 1 atom stereocenters. The molecule has 0 radical (unpaired) electrons. The Hall–Kier alpha value is 0.0800. The Morgan fingerprint density at radius 2 is 2.43 bits per heavy atom. The molecular weight excluding hydrogens is 183 g/mol. The van der Waals surface area contributed by atoms with E-state index >= 15 is 0 Å². The van der Waals surface area contributed by atoms with E-state index in [0.717, 1.165) is 6.26 Å². The van der Waals surface area contributed by atoms with Crippen LogP contribution in [0, 0.1) is 0 Å². The van der Waals surface area contributed by atoms with E-state index in [1.54, 1.807) is 0 Å². The van der Waals surface area contributed by atoms with Gasteiger partial charge in [-0.2, -0.15) is 0 Å². The van der Waals surface area contributed by atoms with Gasteiger partial charge in [-0.3, -0.25) is 0 Å². The van der Waals surface area contributed by atoms with Crippen molar-refractivity contribution in [2.75, 3.05) is 0 Å². The molecule has 0 heterocycles. The Kier molecular flexibility index (Phi) is 4.29. The highest BCUT2D eigenvalue weighted by atomic mass is 79.9. The molecule has 0 aromatic carbocycles. The van der Waals surface area contributed by atoms with Crippen LogP contribution in [0.3, 0.4) is 0 Å². The minimum absolute atomic E-state index is 1.04. The van der Waals surface area contributed by atoms with Crippen molar-refractivity contribution in [1.29, 1.82) is 0 Å². The molecule has 0 rings (SSSR count). The van der Waals surface area contributed by atoms with Gasteiger partial charge in [0, 0.05) is 4.57 Å². The van der Waals surface area contributed by atoms with Crippen LogP contribution >= 0.6 is 24.5 Å². The molecule has 5 heteroatoms. The average molecular weight is 186 g/mol. The molecule has 3 nitrogen and oxygen atoms in total. The topological polar surface area (TPSA) is 35.5 Å². The van der Waals surface area contributed by atoms with E-state index in [2.05, 4.69) is 31.0 Å². The van der Waals surface area contributed by atoms with Gasteiger partial charge in [0.2, 0.25) is 0 Å². The zero-order valence-electron chi connectivity index (χ0n) is 3.33. The molecule has 0 aromatic heterocycles. The van der Waals surface area contributed by atoms with E-state index in [1.165, 1.54) is 0 Å². The van der Waals surface area contributed by atoms with Gasteiger partial charge in [0.15, 0.2) is 16.3 Å². The average Bonchev–Trinajstić information content (AvgIpc) is 1.68. The van der Waals surface area contributed by atoms with Gasteiger partial charge < -0.3 is 0 Å². The first-order chi connectivity index (χ1) is 3.31. The summed E-state index contributed by atoms with van der Waals surface area (Å²) in [5.41, 5.74) is 0. The fourth-order valence-electron chi connectivity index (χ4n) is 0.0771. The Morgan fingerprint density at radius 3 is 2.57 bits per heavy atom. The Balaban J connectivity index is 3.17. The van der Waals surface area contributed by atoms with Crippen LogP contribution in [0.5, 0.6) is 0 Å². The van der Waals surface area contributed by atoms with Crippen LogP contribution in [0.25, 0.3) is 0 Å². The van der Waals surface area contributed by atoms with Gasteiger partial charge in [0.25, 0.3) is 0 Å². The quantitative estimate of drug-likeness (QED) is 0.500. The van der Waals surface area contributed by atoms with Gasteiger partial charge in [0.1, 0.15) is 6.26 Å². The summed E-state index contributed by atoms with van der Waals surface area (Å²) >= 11 is 2.46. The molecule has 0 aliphatic heterocycles. The van der Waals surface area contributed by atoms with Gasteiger partial charge in [-0.25, -0.2) is 4.52 Å². The predicted octanol–water partition coefficient (Wildman–Crippen LogP) is 2.13. The maximum Gasteiger partial charge on any atom is 0.761 e.